The first-order chi connectivity index (χ1) is 6.14. The van der Waals surface area contributed by atoms with Crippen molar-refractivity contribution in [2.45, 2.75) is 13.1 Å². The minimum Gasteiger partial charge on any atom is -0.400 e. The van der Waals surface area contributed by atoms with Gasteiger partial charge in [0.25, 0.3) is 0 Å². The fourth-order valence-corrected chi connectivity index (χ4v) is 1.77. The molecule has 0 fully saturated rings. The Kier molecular flexibility index (Phi) is 1.65. The van der Waals surface area contributed by atoms with E-state index < -0.39 is 11.6 Å². The molecule has 2 heteroatoms. The number of rotatable bonds is 0. The van der Waals surface area contributed by atoms with Crippen molar-refractivity contribution in [2.75, 3.05) is 0 Å². The highest BCUT2D eigenvalue weighted by molar-refractivity contribution is 5.46. The van der Waals surface area contributed by atoms with Gasteiger partial charge >= 0.3 is 0 Å². The number of hydrogen-bond donors (Lipinski definition) is 1. The molecule has 2 unspecified atom stereocenters. The molecular weight excluding hydrogens is 165 g/mol. The summed E-state index contributed by atoms with van der Waals surface area (Å²) in [6, 6.07) is 0. The lowest BCUT2D eigenvalue weighted by Gasteiger charge is -2.35. The Morgan fingerprint density at radius 1 is 1.38 bits per heavy atom. The molecule has 0 bridgehead atoms. The highest BCUT2D eigenvalue weighted by Gasteiger charge is 2.38. The Labute approximate surface area is 77.1 Å². The molecule has 2 N–H and O–H groups in total. The summed E-state index contributed by atoms with van der Waals surface area (Å²) in [5.74, 6) is 0. The monoisotopic (exact) mass is 177 g/mol. The van der Waals surface area contributed by atoms with Crippen LogP contribution in [0.25, 0.3) is 0 Å². The fraction of sp³-hybridized carbons (Fsp3) is 0.273. The number of allylic oxidation sites excluding steroid dienone is 8. The summed E-state index contributed by atoms with van der Waals surface area (Å²) in [6.45, 7) is 1.86. The van der Waals surface area contributed by atoms with Crippen LogP contribution in [-0.2, 0) is 0 Å². The number of fused-ring (bicyclic) bond motifs is 1. The van der Waals surface area contributed by atoms with Crippen molar-refractivity contribution >= 4 is 0 Å². The molecule has 1 nitrogen and oxygen atoms in total. The van der Waals surface area contributed by atoms with E-state index in [0.717, 1.165) is 5.57 Å². The molecule has 0 spiro atoms. The van der Waals surface area contributed by atoms with Gasteiger partial charge in [-0.1, -0.05) is 30.4 Å². The molecular formula is C11H12FN. The van der Waals surface area contributed by atoms with Crippen LogP contribution in [0.4, 0.5) is 4.39 Å². The van der Waals surface area contributed by atoms with Gasteiger partial charge in [-0.25, -0.2) is 4.39 Å². The van der Waals surface area contributed by atoms with Crippen molar-refractivity contribution in [3.8, 4) is 0 Å². The van der Waals surface area contributed by atoms with Crippen LogP contribution >= 0.6 is 0 Å². The predicted octanol–water partition coefficient (Wildman–Crippen LogP) is 2.24. The lowest BCUT2D eigenvalue weighted by molar-refractivity contribution is 0.242. The molecule has 2 rings (SSSR count). The fourth-order valence-electron chi connectivity index (χ4n) is 1.77. The van der Waals surface area contributed by atoms with E-state index in [1.54, 1.807) is 6.08 Å². The van der Waals surface area contributed by atoms with E-state index in [1.165, 1.54) is 0 Å². The van der Waals surface area contributed by atoms with Crippen molar-refractivity contribution in [1.82, 2.24) is 0 Å². The molecule has 0 amide bonds. The first-order valence-electron chi connectivity index (χ1n) is 4.32. The van der Waals surface area contributed by atoms with E-state index in [4.69, 9.17) is 5.73 Å². The number of nitrogens with two attached hydrogens (primary N) is 1. The zero-order chi connectivity index (χ0) is 9.47. The van der Waals surface area contributed by atoms with Gasteiger partial charge in [0.1, 0.15) is 0 Å². The van der Waals surface area contributed by atoms with Gasteiger partial charge in [-0.2, -0.15) is 0 Å². The summed E-state index contributed by atoms with van der Waals surface area (Å²) in [7, 11) is 0. The van der Waals surface area contributed by atoms with Crippen LogP contribution in [0, 0.1) is 5.41 Å². The Balaban J connectivity index is 2.51. The van der Waals surface area contributed by atoms with E-state index in [0.29, 0.717) is 5.70 Å². The SMILES string of the molecule is CC12C=CC=CC1=CC=C(N)C2F. The number of hydrogen-bond acceptors (Lipinski definition) is 1. The van der Waals surface area contributed by atoms with Crippen LogP contribution < -0.4 is 5.73 Å². The second-order valence-electron chi connectivity index (χ2n) is 3.65. The normalized spacial score (nSPS) is 36.6. The van der Waals surface area contributed by atoms with Crippen LogP contribution in [-0.4, -0.2) is 6.17 Å². The van der Waals surface area contributed by atoms with Gasteiger partial charge in [-0.3, -0.25) is 0 Å². The maximum Gasteiger partial charge on any atom is 0.152 e. The highest BCUT2D eigenvalue weighted by Crippen LogP contribution is 2.42. The number of halogens is 1. The minimum atomic E-state index is -1.10. The standard InChI is InChI=1S/C11H12FN/c1-11-7-3-2-4-8(11)5-6-9(13)10(11)12/h2-7,10H,13H2,1H3. The average Bonchev–Trinajstić information content (AvgIpc) is 2.13. The topological polar surface area (TPSA) is 26.0 Å². The van der Waals surface area contributed by atoms with E-state index in [-0.39, 0.29) is 0 Å². The van der Waals surface area contributed by atoms with E-state index in [2.05, 4.69) is 0 Å². The quantitative estimate of drug-likeness (QED) is 0.603. The molecule has 0 aromatic carbocycles. The van der Waals surface area contributed by atoms with Gasteiger partial charge in [0.2, 0.25) is 0 Å². The third kappa shape index (κ3) is 1.05. The lowest BCUT2D eigenvalue weighted by Crippen LogP contribution is -2.35. The summed E-state index contributed by atoms with van der Waals surface area (Å²) in [4.78, 5) is 0. The van der Waals surface area contributed by atoms with Gasteiger partial charge in [0.05, 0.1) is 0 Å². The van der Waals surface area contributed by atoms with E-state index in [1.807, 2.05) is 37.3 Å². The van der Waals surface area contributed by atoms with Crippen LogP contribution in [0.3, 0.4) is 0 Å². The van der Waals surface area contributed by atoms with Gasteiger partial charge < -0.3 is 5.73 Å². The van der Waals surface area contributed by atoms with Crippen LogP contribution in [0.15, 0.2) is 47.7 Å². The van der Waals surface area contributed by atoms with E-state index in [9.17, 15) is 4.39 Å². The molecule has 0 heterocycles. The molecule has 2 aliphatic carbocycles. The second kappa shape index (κ2) is 2.59. The zero-order valence-corrected chi connectivity index (χ0v) is 7.50. The molecule has 0 aromatic rings. The summed E-state index contributed by atoms with van der Waals surface area (Å²) < 4.78 is 13.8. The Morgan fingerprint density at radius 2 is 2.15 bits per heavy atom. The molecule has 0 aliphatic heterocycles. The minimum absolute atomic E-state index is 0.311. The molecule has 0 saturated heterocycles. The summed E-state index contributed by atoms with van der Waals surface area (Å²) in [5, 5.41) is 0. The highest BCUT2D eigenvalue weighted by atomic mass is 19.1. The summed E-state index contributed by atoms with van der Waals surface area (Å²) in [5.41, 5.74) is 6.29. The van der Waals surface area contributed by atoms with Crippen molar-refractivity contribution in [2.24, 2.45) is 11.1 Å². The smallest absolute Gasteiger partial charge is 0.152 e. The van der Waals surface area contributed by atoms with Crippen molar-refractivity contribution in [3.63, 3.8) is 0 Å². The first kappa shape index (κ1) is 8.30. The summed E-state index contributed by atoms with van der Waals surface area (Å²) in [6.07, 6.45) is 9.99. The Bertz CT molecular complexity index is 349. The van der Waals surface area contributed by atoms with Crippen molar-refractivity contribution in [3.05, 3.63) is 47.7 Å². The van der Waals surface area contributed by atoms with Crippen molar-refractivity contribution < 1.29 is 4.39 Å². The van der Waals surface area contributed by atoms with Crippen molar-refractivity contribution in [1.29, 1.82) is 0 Å². The Morgan fingerprint density at radius 3 is 2.92 bits per heavy atom. The first-order valence-corrected chi connectivity index (χ1v) is 4.32. The van der Waals surface area contributed by atoms with Crippen LogP contribution in [0.1, 0.15) is 6.92 Å². The molecule has 68 valence electrons. The maximum atomic E-state index is 13.8. The van der Waals surface area contributed by atoms with Gasteiger partial charge in [0.15, 0.2) is 6.17 Å². The predicted molar refractivity (Wildman–Crippen MR) is 51.6 cm³/mol. The van der Waals surface area contributed by atoms with E-state index >= 15 is 0 Å². The molecule has 0 radical (unpaired) electrons. The third-order valence-corrected chi connectivity index (χ3v) is 2.73. The lowest BCUT2D eigenvalue weighted by atomic mass is 9.72. The van der Waals surface area contributed by atoms with Gasteiger partial charge in [0, 0.05) is 11.1 Å². The maximum absolute atomic E-state index is 13.8. The summed E-state index contributed by atoms with van der Waals surface area (Å²) >= 11 is 0. The Hall–Kier alpha value is -1.31. The second-order valence-corrected chi connectivity index (χ2v) is 3.65. The van der Waals surface area contributed by atoms with Gasteiger partial charge in [-0.15, -0.1) is 0 Å². The van der Waals surface area contributed by atoms with Crippen LogP contribution in [0.2, 0.25) is 0 Å². The number of alkyl halides is 1. The molecule has 2 aliphatic rings. The molecule has 0 saturated carbocycles. The molecule has 2 atom stereocenters. The molecule has 0 aromatic heterocycles. The van der Waals surface area contributed by atoms with Crippen LogP contribution in [0.5, 0.6) is 0 Å². The average molecular weight is 177 g/mol. The molecule has 13 heavy (non-hydrogen) atoms. The zero-order valence-electron chi connectivity index (χ0n) is 7.50. The third-order valence-electron chi connectivity index (χ3n) is 2.73. The van der Waals surface area contributed by atoms with Gasteiger partial charge in [-0.05, 0) is 18.6 Å². The largest absolute Gasteiger partial charge is 0.400 e.